The van der Waals surface area contributed by atoms with Crippen molar-refractivity contribution in [2.24, 2.45) is 5.73 Å². The molecule has 0 aromatic rings. The van der Waals surface area contributed by atoms with E-state index in [1.165, 1.54) is 0 Å². The minimum absolute atomic E-state index is 0.318. The number of hydrogen-bond donors (Lipinski definition) is 3. The first-order chi connectivity index (χ1) is 7.57. The van der Waals surface area contributed by atoms with Crippen molar-refractivity contribution in [3.05, 3.63) is 0 Å². The van der Waals surface area contributed by atoms with Gasteiger partial charge in [0.25, 0.3) is 0 Å². The molecular weight excluding hydrogens is 208 g/mol. The molecule has 2 unspecified atom stereocenters. The summed E-state index contributed by atoms with van der Waals surface area (Å²) in [7, 11) is 0. The summed E-state index contributed by atoms with van der Waals surface area (Å²) in [5.74, 6) is -0.320. The van der Waals surface area contributed by atoms with Gasteiger partial charge in [-0.25, -0.2) is 0 Å². The number of nitrogens with one attached hydrogen (secondary N) is 1. The summed E-state index contributed by atoms with van der Waals surface area (Å²) in [5.41, 5.74) is 5.63. The van der Waals surface area contributed by atoms with Gasteiger partial charge in [-0.1, -0.05) is 6.42 Å². The van der Waals surface area contributed by atoms with Gasteiger partial charge < -0.3 is 20.9 Å². The van der Waals surface area contributed by atoms with Gasteiger partial charge in [-0.15, -0.1) is 0 Å². The summed E-state index contributed by atoms with van der Waals surface area (Å²) in [6.45, 7) is 5.32. The molecule has 96 valence electrons. The number of carbonyl (C=O) groups excluding carboxylic acids is 1. The second-order valence-corrected chi connectivity index (χ2v) is 3.91. The van der Waals surface area contributed by atoms with Crippen LogP contribution in [0.15, 0.2) is 0 Å². The molecule has 0 aromatic heterocycles. The van der Waals surface area contributed by atoms with Crippen molar-refractivity contribution in [3.8, 4) is 0 Å². The first-order valence-corrected chi connectivity index (χ1v) is 5.89. The minimum Gasteiger partial charge on any atom is -0.465 e. The normalized spacial score (nSPS) is 14.5. The van der Waals surface area contributed by atoms with Gasteiger partial charge >= 0.3 is 5.97 Å². The lowest BCUT2D eigenvalue weighted by atomic mass is 10.1. The number of esters is 1. The summed E-state index contributed by atoms with van der Waals surface area (Å²) in [4.78, 5) is 11.2. The van der Waals surface area contributed by atoms with Crippen molar-refractivity contribution in [1.29, 1.82) is 0 Å². The molecule has 2 atom stereocenters. The number of ether oxygens (including phenoxy) is 1. The minimum atomic E-state index is -0.503. The monoisotopic (exact) mass is 232 g/mol. The van der Waals surface area contributed by atoms with Gasteiger partial charge in [-0.2, -0.15) is 0 Å². The molecule has 0 aliphatic rings. The first kappa shape index (κ1) is 15.3. The molecule has 0 saturated carbocycles. The largest absolute Gasteiger partial charge is 0.465 e. The number of aliphatic hydroxyl groups excluding tert-OH is 1. The Kier molecular flexibility index (Phi) is 9.18. The molecule has 5 heteroatoms. The summed E-state index contributed by atoms with van der Waals surface area (Å²) < 4.78 is 4.80. The van der Waals surface area contributed by atoms with Crippen LogP contribution in [0.25, 0.3) is 0 Å². The fourth-order valence-corrected chi connectivity index (χ4v) is 1.29. The number of carbonyl (C=O) groups is 1. The maximum absolute atomic E-state index is 11.2. The Labute approximate surface area is 97.3 Å². The maximum Gasteiger partial charge on any atom is 0.322 e. The van der Waals surface area contributed by atoms with E-state index in [4.69, 9.17) is 15.6 Å². The van der Waals surface area contributed by atoms with Crippen LogP contribution in [0.3, 0.4) is 0 Å². The number of rotatable bonds is 9. The van der Waals surface area contributed by atoms with E-state index in [-0.39, 0.29) is 12.1 Å². The van der Waals surface area contributed by atoms with Crippen molar-refractivity contribution < 1.29 is 14.6 Å². The van der Waals surface area contributed by atoms with Crippen molar-refractivity contribution in [2.75, 3.05) is 19.7 Å². The quantitative estimate of drug-likeness (QED) is 0.385. The van der Waals surface area contributed by atoms with Crippen LogP contribution >= 0.6 is 0 Å². The fourth-order valence-electron chi connectivity index (χ4n) is 1.29. The summed E-state index contributed by atoms with van der Waals surface area (Å²) in [6.07, 6.45) is 2.16. The second-order valence-electron chi connectivity index (χ2n) is 3.91. The van der Waals surface area contributed by atoms with E-state index >= 15 is 0 Å². The lowest BCUT2D eigenvalue weighted by Crippen LogP contribution is -2.32. The predicted molar refractivity (Wildman–Crippen MR) is 63.0 cm³/mol. The Bertz CT molecular complexity index is 186. The maximum atomic E-state index is 11.2. The van der Waals surface area contributed by atoms with Gasteiger partial charge in [0.15, 0.2) is 0 Å². The van der Waals surface area contributed by atoms with Crippen LogP contribution in [0, 0.1) is 0 Å². The van der Waals surface area contributed by atoms with E-state index in [1.54, 1.807) is 13.8 Å². The smallest absolute Gasteiger partial charge is 0.322 e. The lowest BCUT2D eigenvalue weighted by Gasteiger charge is -2.10. The molecule has 0 radical (unpaired) electrons. The molecule has 0 bridgehead atoms. The van der Waals surface area contributed by atoms with Crippen LogP contribution in [0.2, 0.25) is 0 Å². The molecule has 0 spiro atoms. The van der Waals surface area contributed by atoms with Gasteiger partial charge in [0.2, 0.25) is 0 Å². The number of aliphatic hydroxyl groups is 1. The van der Waals surface area contributed by atoms with Crippen molar-refractivity contribution in [1.82, 2.24) is 5.32 Å². The van der Waals surface area contributed by atoms with Crippen LogP contribution in [0.5, 0.6) is 0 Å². The second kappa shape index (κ2) is 9.57. The SMILES string of the molecule is CCOC(=O)C(N)CCCCNCC(C)O. The Morgan fingerprint density at radius 3 is 2.75 bits per heavy atom. The first-order valence-electron chi connectivity index (χ1n) is 5.89. The third-order valence-corrected chi connectivity index (χ3v) is 2.15. The molecule has 5 nitrogen and oxygen atoms in total. The highest BCUT2D eigenvalue weighted by Gasteiger charge is 2.13. The number of unbranched alkanes of at least 4 members (excludes halogenated alkanes) is 1. The Morgan fingerprint density at radius 1 is 1.50 bits per heavy atom. The average molecular weight is 232 g/mol. The molecule has 0 rings (SSSR count). The number of hydrogen-bond acceptors (Lipinski definition) is 5. The van der Waals surface area contributed by atoms with E-state index in [2.05, 4.69) is 5.32 Å². The fraction of sp³-hybridized carbons (Fsp3) is 0.909. The van der Waals surface area contributed by atoms with Crippen molar-refractivity contribution >= 4 is 5.97 Å². The van der Waals surface area contributed by atoms with Gasteiger partial charge in [0.1, 0.15) is 6.04 Å². The third-order valence-electron chi connectivity index (χ3n) is 2.15. The molecule has 4 N–H and O–H groups in total. The summed E-state index contributed by atoms with van der Waals surface area (Å²) in [5, 5.41) is 12.1. The van der Waals surface area contributed by atoms with Gasteiger partial charge in [0.05, 0.1) is 12.7 Å². The molecule has 0 aromatic carbocycles. The van der Waals surface area contributed by atoms with Gasteiger partial charge in [-0.05, 0) is 33.2 Å². The molecule has 0 aliphatic heterocycles. The van der Waals surface area contributed by atoms with Crippen LogP contribution in [-0.2, 0) is 9.53 Å². The molecule has 0 aliphatic carbocycles. The molecule has 0 heterocycles. The van der Waals surface area contributed by atoms with Gasteiger partial charge in [0, 0.05) is 6.54 Å². The van der Waals surface area contributed by atoms with E-state index in [9.17, 15) is 4.79 Å². The Hall–Kier alpha value is -0.650. The number of nitrogens with two attached hydrogens (primary N) is 1. The Balaban J connectivity index is 3.34. The van der Waals surface area contributed by atoms with Crippen LogP contribution in [0.4, 0.5) is 0 Å². The lowest BCUT2D eigenvalue weighted by molar-refractivity contribution is -0.144. The van der Waals surface area contributed by atoms with E-state index < -0.39 is 6.04 Å². The summed E-state index contributed by atoms with van der Waals surface area (Å²) in [6, 6.07) is -0.503. The average Bonchev–Trinajstić information content (AvgIpc) is 2.22. The highest BCUT2D eigenvalue weighted by molar-refractivity contribution is 5.75. The summed E-state index contributed by atoms with van der Waals surface area (Å²) >= 11 is 0. The van der Waals surface area contributed by atoms with Crippen molar-refractivity contribution in [3.63, 3.8) is 0 Å². The van der Waals surface area contributed by atoms with Crippen LogP contribution in [-0.4, -0.2) is 42.9 Å². The van der Waals surface area contributed by atoms with Crippen LogP contribution in [0.1, 0.15) is 33.1 Å². The highest BCUT2D eigenvalue weighted by Crippen LogP contribution is 2.00. The van der Waals surface area contributed by atoms with Crippen LogP contribution < -0.4 is 11.1 Å². The molecular formula is C11H24N2O3. The molecule has 0 saturated heterocycles. The van der Waals surface area contributed by atoms with Gasteiger partial charge in [-0.3, -0.25) is 4.79 Å². The van der Waals surface area contributed by atoms with E-state index in [0.717, 1.165) is 19.4 Å². The Morgan fingerprint density at radius 2 is 2.19 bits per heavy atom. The molecule has 16 heavy (non-hydrogen) atoms. The van der Waals surface area contributed by atoms with E-state index in [0.29, 0.717) is 19.6 Å². The van der Waals surface area contributed by atoms with Crippen molar-refractivity contribution in [2.45, 2.75) is 45.3 Å². The van der Waals surface area contributed by atoms with E-state index in [1.807, 2.05) is 0 Å². The zero-order valence-electron chi connectivity index (χ0n) is 10.2. The zero-order chi connectivity index (χ0) is 12.4. The molecule has 0 fully saturated rings. The third kappa shape index (κ3) is 8.64. The standard InChI is InChI=1S/C11H24N2O3/c1-3-16-11(15)10(12)6-4-5-7-13-8-9(2)14/h9-10,13-14H,3-8,12H2,1-2H3. The topological polar surface area (TPSA) is 84.6 Å². The highest BCUT2D eigenvalue weighted by atomic mass is 16.5. The zero-order valence-corrected chi connectivity index (χ0v) is 10.2. The predicted octanol–water partition coefficient (Wildman–Crippen LogP) is 0.0175. The molecule has 0 amide bonds.